The Hall–Kier alpha value is -2.67. The van der Waals surface area contributed by atoms with Gasteiger partial charge in [-0.05, 0) is 61.4 Å². The number of carbonyl (C=O) groups excluding carboxylic acids is 2. The van der Waals surface area contributed by atoms with Gasteiger partial charge in [0.05, 0.1) is 24.7 Å². The van der Waals surface area contributed by atoms with Crippen molar-refractivity contribution in [3.05, 3.63) is 48.5 Å². The van der Waals surface area contributed by atoms with Crippen molar-refractivity contribution in [2.75, 3.05) is 35.4 Å². The molecule has 0 aliphatic carbocycles. The lowest BCUT2D eigenvalue weighted by Crippen LogP contribution is -2.18. The van der Waals surface area contributed by atoms with Gasteiger partial charge >= 0.3 is 0 Å². The highest BCUT2D eigenvalue weighted by Crippen LogP contribution is 2.18. The molecule has 0 radical (unpaired) electrons. The fraction of sp³-hybridized carbons (Fsp3) is 0.417. The van der Waals surface area contributed by atoms with Crippen molar-refractivity contribution in [3.8, 4) is 11.5 Å². The van der Waals surface area contributed by atoms with Crippen LogP contribution in [0.15, 0.2) is 48.5 Å². The summed E-state index contributed by atoms with van der Waals surface area (Å²) in [6.45, 7) is 5.62. The summed E-state index contributed by atoms with van der Waals surface area (Å²) >= 11 is 1.27. The predicted octanol–water partition coefficient (Wildman–Crippen LogP) is 5.35. The maximum absolute atomic E-state index is 12.1. The van der Waals surface area contributed by atoms with Crippen molar-refractivity contribution in [3.63, 3.8) is 0 Å². The van der Waals surface area contributed by atoms with Crippen LogP contribution in [0.25, 0.3) is 0 Å². The van der Waals surface area contributed by atoms with Gasteiger partial charge in [0.2, 0.25) is 11.8 Å². The van der Waals surface area contributed by atoms with Gasteiger partial charge in [0.15, 0.2) is 0 Å². The molecular weight excluding hydrogens is 412 g/mol. The second kappa shape index (κ2) is 14.4. The summed E-state index contributed by atoms with van der Waals surface area (Å²) in [6.07, 6.45) is 4.21. The first-order valence-electron chi connectivity index (χ1n) is 10.7. The minimum absolute atomic E-state index is 0.147. The molecule has 0 aromatic heterocycles. The number of hydrogen-bond donors (Lipinski definition) is 2. The first-order chi connectivity index (χ1) is 15.1. The Morgan fingerprint density at radius 1 is 0.710 bits per heavy atom. The zero-order valence-corrected chi connectivity index (χ0v) is 19.1. The molecule has 0 heterocycles. The number of benzene rings is 2. The normalized spacial score (nSPS) is 10.4. The van der Waals surface area contributed by atoms with Gasteiger partial charge in [-0.3, -0.25) is 9.59 Å². The summed E-state index contributed by atoms with van der Waals surface area (Å²) in [4.78, 5) is 24.2. The largest absolute Gasteiger partial charge is 0.494 e. The summed E-state index contributed by atoms with van der Waals surface area (Å²) in [5, 5.41) is 5.65. The predicted molar refractivity (Wildman–Crippen MR) is 128 cm³/mol. The number of unbranched alkanes of at least 4 members (excludes halogenated alkanes) is 2. The summed E-state index contributed by atoms with van der Waals surface area (Å²) < 4.78 is 11.2. The molecule has 7 heteroatoms. The molecule has 0 aliphatic heterocycles. The van der Waals surface area contributed by atoms with Crippen LogP contribution < -0.4 is 20.1 Å². The number of carbonyl (C=O) groups is 2. The number of anilines is 2. The van der Waals surface area contributed by atoms with Gasteiger partial charge < -0.3 is 20.1 Å². The molecule has 0 fully saturated rings. The maximum atomic E-state index is 12.1. The van der Waals surface area contributed by atoms with Crippen LogP contribution in [0.1, 0.15) is 39.5 Å². The molecule has 2 rings (SSSR count). The molecule has 2 amide bonds. The number of nitrogens with one attached hydrogen (secondary N) is 2. The van der Waals surface area contributed by atoms with E-state index >= 15 is 0 Å². The van der Waals surface area contributed by atoms with Crippen LogP contribution in [0.5, 0.6) is 11.5 Å². The van der Waals surface area contributed by atoms with Crippen LogP contribution in [-0.2, 0) is 9.59 Å². The lowest BCUT2D eigenvalue weighted by Gasteiger charge is -2.09. The fourth-order valence-electron chi connectivity index (χ4n) is 2.57. The van der Waals surface area contributed by atoms with Crippen LogP contribution >= 0.6 is 11.8 Å². The molecule has 0 aliphatic rings. The minimum Gasteiger partial charge on any atom is -0.494 e. The van der Waals surface area contributed by atoms with Crippen molar-refractivity contribution in [2.45, 2.75) is 39.5 Å². The van der Waals surface area contributed by atoms with E-state index < -0.39 is 0 Å². The molecule has 2 aromatic rings. The van der Waals surface area contributed by atoms with Gasteiger partial charge in [0.1, 0.15) is 11.5 Å². The molecule has 0 unspecified atom stereocenters. The van der Waals surface area contributed by atoms with E-state index in [2.05, 4.69) is 24.5 Å². The Morgan fingerprint density at radius 3 is 1.45 bits per heavy atom. The van der Waals surface area contributed by atoms with E-state index in [9.17, 15) is 9.59 Å². The number of thioether (sulfide) groups is 1. The lowest BCUT2D eigenvalue weighted by molar-refractivity contribution is -0.114. The Bertz CT molecular complexity index is 727. The van der Waals surface area contributed by atoms with E-state index in [0.29, 0.717) is 24.6 Å². The fourth-order valence-corrected chi connectivity index (χ4v) is 3.19. The Balaban J connectivity index is 1.64. The average molecular weight is 445 g/mol. The zero-order chi connectivity index (χ0) is 22.3. The van der Waals surface area contributed by atoms with Crippen molar-refractivity contribution in [1.29, 1.82) is 0 Å². The van der Waals surface area contributed by atoms with Gasteiger partial charge in [-0.25, -0.2) is 0 Å². The first kappa shape index (κ1) is 24.6. The molecule has 0 atom stereocenters. The molecule has 2 aromatic carbocycles. The number of hydrogen-bond acceptors (Lipinski definition) is 5. The van der Waals surface area contributed by atoms with E-state index in [4.69, 9.17) is 9.47 Å². The number of ether oxygens (including phenoxy) is 2. The van der Waals surface area contributed by atoms with Gasteiger partial charge in [-0.1, -0.05) is 26.7 Å². The van der Waals surface area contributed by atoms with Crippen LogP contribution in [0.2, 0.25) is 0 Å². The summed E-state index contributed by atoms with van der Waals surface area (Å²) in [7, 11) is 0. The van der Waals surface area contributed by atoms with Crippen LogP contribution in [0.4, 0.5) is 11.4 Å². The lowest BCUT2D eigenvalue weighted by atomic mass is 10.3. The molecule has 168 valence electrons. The second-order valence-electron chi connectivity index (χ2n) is 7.04. The Morgan fingerprint density at radius 2 is 1.10 bits per heavy atom. The van der Waals surface area contributed by atoms with Crippen LogP contribution in [0, 0.1) is 0 Å². The summed E-state index contributed by atoms with van der Waals surface area (Å²) in [6, 6.07) is 14.6. The molecule has 0 saturated heterocycles. The van der Waals surface area contributed by atoms with Gasteiger partial charge in [-0.2, -0.15) is 0 Å². The van der Waals surface area contributed by atoms with Gasteiger partial charge in [-0.15, -0.1) is 11.8 Å². The standard InChI is InChI=1S/C24H32N2O4S/c1-3-5-15-29-21-11-7-19(8-12-21)25-23(27)17-31-18-24(28)26-20-9-13-22(14-10-20)30-16-6-4-2/h7-14H,3-6,15-18H2,1-2H3,(H,25,27)(H,26,28). The van der Waals surface area contributed by atoms with E-state index in [1.54, 1.807) is 0 Å². The maximum Gasteiger partial charge on any atom is 0.234 e. The highest BCUT2D eigenvalue weighted by atomic mass is 32.2. The quantitative estimate of drug-likeness (QED) is 0.384. The second-order valence-corrected chi connectivity index (χ2v) is 8.03. The first-order valence-corrected chi connectivity index (χ1v) is 11.9. The van der Waals surface area contributed by atoms with Crippen LogP contribution in [0.3, 0.4) is 0 Å². The highest BCUT2D eigenvalue weighted by molar-refractivity contribution is 8.00. The van der Waals surface area contributed by atoms with Crippen LogP contribution in [-0.4, -0.2) is 36.5 Å². The molecule has 31 heavy (non-hydrogen) atoms. The summed E-state index contributed by atoms with van der Waals surface area (Å²) in [5.41, 5.74) is 1.42. The van der Waals surface area contributed by atoms with E-state index in [1.165, 1.54) is 11.8 Å². The molecule has 6 nitrogen and oxygen atoms in total. The van der Waals surface area contributed by atoms with E-state index in [1.807, 2.05) is 48.5 Å². The molecule has 0 saturated carbocycles. The molecule has 2 N–H and O–H groups in total. The topological polar surface area (TPSA) is 76.7 Å². The number of rotatable bonds is 14. The third-order valence-corrected chi connectivity index (χ3v) is 5.21. The van der Waals surface area contributed by atoms with Gasteiger partial charge in [0, 0.05) is 11.4 Å². The van der Waals surface area contributed by atoms with Crippen molar-refractivity contribution in [2.24, 2.45) is 0 Å². The van der Waals surface area contributed by atoms with Crippen molar-refractivity contribution < 1.29 is 19.1 Å². The van der Waals surface area contributed by atoms with Crippen molar-refractivity contribution >= 4 is 35.0 Å². The molecular formula is C24H32N2O4S. The SMILES string of the molecule is CCCCOc1ccc(NC(=O)CSCC(=O)Nc2ccc(OCCCC)cc2)cc1. The average Bonchev–Trinajstić information content (AvgIpc) is 2.76. The Labute approximate surface area is 189 Å². The highest BCUT2D eigenvalue weighted by Gasteiger charge is 2.07. The third kappa shape index (κ3) is 10.3. The smallest absolute Gasteiger partial charge is 0.234 e. The van der Waals surface area contributed by atoms with Gasteiger partial charge in [0.25, 0.3) is 0 Å². The number of amides is 2. The van der Waals surface area contributed by atoms with E-state index in [0.717, 1.165) is 37.2 Å². The molecule has 0 spiro atoms. The summed E-state index contributed by atoms with van der Waals surface area (Å²) in [5.74, 6) is 1.69. The van der Waals surface area contributed by atoms with E-state index in [-0.39, 0.29) is 23.3 Å². The minimum atomic E-state index is -0.147. The Kier molecular flexibility index (Phi) is 11.4. The van der Waals surface area contributed by atoms with Crippen molar-refractivity contribution in [1.82, 2.24) is 0 Å². The third-order valence-electron chi connectivity index (χ3n) is 4.28. The molecule has 0 bridgehead atoms. The monoisotopic (exact) mass is 444 g/mol. The zero-order valence-electron chi connectivity index (χ0n) is 18.3.